The molecule has 0 aliphatic heterocycles. The van der Waals surface area contributed by atoms with Gasteiger partial charge in [-0.2, -0.15) is 5.16 Å². The zero-order valence-electron chi connectivity index (χ0n) is 15.9. The van der Waals surface area contributed by atoms with Crippen LogP contribution in [0.5, 0.6) is 0 Å². The zero-order valence-corrected chi connectivity index (χ0v) is 20.4. The third kappa shape index (κ3) is 18.0. The van der Waals surface area contributed by atoms with Crippen molar-refractivity contribution >= 4 is 28.8 Å². The van der Waals surface area contributed by atoms with Crippen LogP contribution in [0.25, 0.3) is 5.41 Å². The summed E-state index contributed by atoms with van der Waals surface area (Å²) in [5.74, 6) is 0. The van der Waals surface area contributed by atoms with E-state index in [0.29, 0.717) is 13.1 Å². The van der Waals surface area contributed by atoms with E-state index in [2.05, 4.69) is 32.2 Å². The van der Waals surface area contributed by atoms with E-state index in [1.54, 1.807) is 12.4 Å². The summed E-state index contributed by atoms with van der Waals surface area (Å²) >= 11 is 3.70. The first kappa shape index (κ1) is 29.4. The van der Waals surface area contributed by atoms with E-state index in [9.17, 15) is 0 Å². The molecule has 29 heavy (non-hydrogen) atoms. The van der Waals surface area contributed by atoms with E-state index in [4.69, 9.17) is 24.0 Å². The summed E-state index contributed by atoms with van der Waals surface area (Å²) in [5, 5.41) is 8.47. The zero-order chi connectivity index (χ0) is 21.4. The molecule has 0 saturated heterocycles. The van der Waals surface area contributed by atoms with Gasteiger partial charge in [0.15, 0.2) is 0 Å². The molecule has 150 valence electrons. The molecule has 0 atom stereocenters. The Kier molecular flexibility index (Phi) is 17.3. The van der Waals surface area contributed by atoms with E-state index < -0.39 is 10.2 Å². The summed E-state index contributed by atoms with van der Waals surface area (Å²) in [4.78, 5) is 17.5. The summed E-state index contributed by atoms with van der Waals surface area (Å²) < 4.78 is 34.0. The van der Waals surface area contributed by atoms with Crippen molar-refractivity contribution in [1.82, 2.24) is 9.97 Å². The second-order valence-corrected chi connectivity index (χ2v) is 5.77. The van der Waals surface area contributed by atoms with Gasteiger partial charge in [0, 0.05) is 12.4 Å². The fourth-order valence-electron chi connectivity index (χ4n) is 1.75. The van der Waals surface area contributed by atoms with Gasteiger partial charge in [-0.25, -0.2) is 18.6 Å². The molecule has 0 amide bonds. The Hall–Kier alpha value is -1.81. The van der Waals surface area contributed by atoms with E-state index in [0.717, 1.165) is 22.8 Å². The van der Waals surface area contributed by atoms with E-state index in [-0.39, 0.29) is 19.5 Å². The van der Waals surface area contributed by atoms with E-state index in [1.807, 2.05) is 50.2 Å². The quantitative estimate of drug-likeness (QED) is 0.218. The van der Waals surface area contributed by atoms with Gasteiger partial charge in [0.2, 0.25) is 0 Å². The predicted molar refractivity (Wildman–Crippen MR) is 98.6 cm³/mol. The van der Waals surface area contributed by atoms with Crippen molar-refractivity contribution in [3.8, 4) is 0 Å². The Morgan fingerprint density at radius 3 is 1.48 bits per heavy atom. The third-order valence-electron chi connectivity index (χ3n) is 2.87. The van der Waals surface area contributed by atoms with Gasteiger partial charge >= 0.3 is 19.5 Å². The Morgan fingerprint density at radius 1 is 0.931 bits per heavy atom. The minimum absolute atomic E-state index is 0. The molecule has 9 nitrogen and oxygen atoms in total. The van der Waals surface area contributed by atoms with Crippen molar-refractivity contribution in [3.63, 3.8) is 0 Å². The Balaban J connectivity index is 0. The number of isothiocyanates is 1. The molecule has 2 aromatic rings. The van der Waals surface area contributed by atoms with Crippen LogP contribution in [0, 0.1) is 10.2 Å². The molecule has 0 aromatic carbocycles. The molecule has 0 N–H and O–H groups in total. The molecule has 0 saturated carbocycles. The predicted octanol–water partition coefficient (Wildman–Crippen LogP) is -1.31. The van der Waals surface area contributed by atoms with Gasteiger partial charge in [-0.3, -0.25) is 20.0 Å². The number of aliphatic imine (C=N–C) groups is 2. The molecule has 2 rings (SSSR count). The van der Waals surface area contributed by atoms with Gasteiger partial charge in [-0.05, 0) is 38.1 Å². The molecule has 0 bridgehead atoms. The molecule has 0 radical (unpaired) electrons. The standard InChI is InChI=1S/C16H18N4.CNS.ClHO4.Zn/c1-13(15-7-3-5-9-19-15)17-11-12-18-14(2)16-8-4-6-10-20-16;2-1-3;2-1(3,4)5;/h3-10H,11-12H2,1-2H3;;(H,2,3,4,5);/q;-1;;+2/p-1. The maximum atomic E-state index is 8.49. The molecule has 0 fully saturated rings. The molecular formula is C17H18ClN5O4SZn. The molecular weight excluding hydrogens is 471 g/mol. The number of halogens is 1. The van der Waals surface area contributed by atoms with E-state index >= 15 is 0 Å². The fraction of sp³-hybridized carbons (Fsp3) is 0.235. The molecule has 12 heteroatoms. The van der Waals surface area contributed by atoms with Crippen LogP contribution in [0.3, 0.4) is 0 Å². The SMILES string of the molecule is CC(=NCCN=C(C)c1ccccn1)c1ccccn1.[N-]=C=S.[O-][Cl+3]([O-])([O-])[O-].[Zn+2]. The fourth-order valence-corrected chi connectivity index (χ4v) is 1.75. The molecule has 2 aromatic heterocycles. The number of pyridine rings is 2. The second-order valence-electron chi connectivity index (χ2n) is 4.83. The summed E-state index contributed by atoms with van der Waals surface area (Å²) in [5.41, 5.74) is 3.71. The number of nitrogens with zero attached hydrogens (tertiary/aromatic N) is 5. The molecule has 0 aliphatic rings. The Bertz CT molecular complexity index is 722. The van der Waals surface area contributed by atoms with Gasteiger partial charge in [0.1, 0.15) is 0 Å². The van der Waals surface area contributed by atoms with Crippen molar-refractivity contribution in [3.05, 3.63) is 65.6 Å². The third-order valence-corrected chi connectivity index (χ3v) is 2.87. The monoisotopic (exact) mass is 487 g/mol. The van der Waals surface area contributed by atoms with Crippen LogP contribution in [0.15, 0.2) is 58.8 Å². The van der Waals surface area contributed by atoms with Gasteiger partial charge < -0.3 is 5.41 Å². The van der Waals surface area contributed by atoms with Crippen LogP contribution in [-0.4, -0.2) is 39.6 Å². The Labute approximate surface area is 189 Å². The number of thiocarbonyl (C=S) groups is 1. The van der Waals surface area contributed by atoms with Crippen molar-refractivity contribution in [2.24, 2.45) is 9.98 Å². The number of hydrogen-bond donors (Lipinski definition) is 0. The average molecular weight is 489 g/mol. The van der Waals surface area contributed by atoms with Crippen molar-refractivity contribution < 1.29 is 48.4 Å². The van der Waals surface area contributed by atoms with Crippen LogP contribution >= 0.6 is 12.2 Å². The number of rotatable bonds is 5. The number of aromatic nitrogens is 2. The maximum absolute atomic E-state index is 8.49. The largest absolute Gasteiger partial charge is 2.00 e. The number of hydrogen-bond acceptors (Lipinski definition) is 9. The van der Waals surface area contributed by atoms with Gasteiger partial charge in [0.25, 0.3) is 0 Å². The minimum Gasteiger partial charge on any atom is -0.753 e. The summed E-state index contributed by atoms with van der Waals surface area (Å²) in [7, 11) is -4.94. The first-order valence-corrected chi connectivity index (χ1v) is 9.31. The minimum atomic E-state index is -4.94. The summed E-state index contributed by atoms with van der Waals surface area (Å²) in [6.07, 6.45) is 3.55. The van der Waals surface area contributed by atoms with Crippen LogP contribution in [0.4, 0.5) is 0 Å². The van der Waals surface area contributed by atoms with Crippen LogP contribution in [0.2, 0.25) is 0 Å². The molecule has 0 unspecified atom stereocenters. The van der Waals surface area contributed by atoms with Gasteiger partial charge in [-0.1, -0.05) is 24.4 Å². The Morgan fingerprint density at radius 2 is 1.24 bits per heavy atom. The average Bonchev–Trinajstić information content (AvgIpc) is 2.65. The van der Waals surface area contributed by atoms with Crippen LogP contribution in [0.1, 0.15) is 25.2 Å². The van der Waals surface area contributed by atoms with Crippen molar-refractivity contribution in [2.45, 2.75) is 13.8 Å². The summed E-state index contributed by atoms with van der Waals surface area (Å²) in [6.45, 7) is 5.26. The summed E-state index contributed by atoms with van der Waals surface area (Å²) in [6, 6.07) is 11.6. The van der Waals surface area contributed by atoms with E-state index in [1.165, 1.54) is 5.16 Å². The van der Waals surface area contributed by atoms with Crippen LogP contribution < -0.4 is 18.6 Å². The van der Waals surface area contributed by atoms with Crippen LogP contribution in [-0.2, 0) is 19.5 Å². The topological polar surface area (TPSA) is 165 Å². The smallest absolute Gasteiger partial charge is 0.753 e. The second kappa shape index (κ2) is 17.1. The molecule has 0 aliphatic carbocycles. The normalized spacial score (nSPS) is 11.0. The first-order valence-electron chi connectivity index (χ1n) is 7.67. The van der Waals surface area contributed by atoms with Crippen molar-refractivity contribution in [2.75, 3.05) is 13.1 Å². The molecule has 2 heterocycles. The van der Waals surface area contributed by atoms with Crippen molar-refractivity contribution in [1.29, 1.82) is 0 Å². The van der Waals surface area contributed by atoms with Gasteiger partial charge in [-0.15, -0.1) is 10.2 Å². The molecule has 0 spiro atoms. The maximum Gasteiger partial charge on any atom is 2.00 e. The van der Waals surface area contributed by atoms with Gasteiger partial charge in [0.05, 0.1) is 35.9 Å². The first-order chi connectivity index (χ1) is 13.2.